The maximum atomic E-state index is 14.1. The van der Waals surface area contributed by atoms with Gasteiger partial charge in [-0.2, -0.15) is 0 Å². The molecule has 36 heavy (non-hydrogen) atoms. The fourth-order valence-electron chi connectivity index (χ4n) is 3.70. The molecule has 0 spiro atoms. The van der Waals surface area contributed by atoms with Crippen molar-refractivity contribution in [3.63, 3.8) is 0 Å². The maximum absolute atomic E-state index is 14.1. The first-order valence-corrected chi connectivity index (χ1v) is 11.5. The first-order chi connectivity index (χ1) is 17.2. The second-order valence-electron chi connectivity index (χ2n) is 8.99. The van der Waals surface area contributed by atoms with Crippen LogP contribution < -0.4 is 16.4 Å². The van der Waals surface area contributed by atoms with Gasteiger partial charge in [-0.15, -0.1) is 0 Å². The standard InChI is InChI=1S/C28H30FN3O4/c1-28(2,17-9-8-14-25(34)32-23-13-7-6-12-22(23)30)26(19-15-16-24(33)21(29)18-19)36-27(35)31-20-10-4-3-5-11-20/h3-8,10-16,18,26,33H,9,17,30H2,1-2H3,(H,31,35)(H,32,34)/b14-8+/t26-/m1/s1. The smallest absolute Gasteiger partial charge is 0.412 e. The van der Waals surface area contributed by atoms with E-state index in [4.69, 9.17) is 10.5 Å². The summed E-state index contributed by atoms with van der Waals surface area (Å²) in [5.74, 6) is -1.62. The number of anilines is 3. The van der Waals surface area contributed by atoms with Crippen LogP contribution >= 0.6 is 0 Å². The molecule has 3 rings (SSSR count). The van der Waals surface area contributed by atoms with Crippen molar-refractivity contribution in [1.29, 1.82) is 0 Å². The molecule has 0 aliphatic carbocycles. The summed E-state index contributed by atoms with van der Waals surface area (Å²) < 4.78 is 19.9. The van der Waals surface area contributed by atoms with Crippen molar-refractivity contribution in [3.8, 4) is 5.75 Å². The van der Waals surface area contributed by atoms with Crippen LogP contribution in [0.5, 0.6) is 5.75 Å². The number of halogens is 1. The second kappa shape index (κ2) is 11.9. The van der Waals surface area contributed by atoms with Crippen molar-refractivity contribution in [2.24, 2.45) is 5.41 Å². The highest BCUT2D eigenvalue weighted by molar-refractivity contribution is 6.01. The number of amides is 2. The molecule has 0 fully saturated rings. The van der Waals surface area contributed by atoms with E-state index >= 15 is 0 Å². The van der Waals surface area contributed by atoms with Gasteiger partial charge in [0.1, 0.15) is 6.10 Å². The van der Waals surface area contributed by atoms with Crippen LogP contribution in [-0.2, 0) is 9.53 Å². The number of carbonyl (C=O) groups is 2. The van der Waals surface area contributed by atoms with Crippen molar-refractivity contribution >= 4 is 29.1 Å². The van der Waals surface area contributed by atoms with Gasteiger partial charge in [0.25, 0.3) is 0 Å². The molecule has 0 heterocycles. The van der Waals surface area contributed by atoms with E-state index in [1.54, 1.807) is 54.6 Å². The molecule has 0 unspecified atom stereocenters. The summed E-state index contributed by atoms with van der Waals surface area (Å²) in [7, 11) is 0. The van der Waals surface area contributed by atoms with Crippen LogP contribution in [-0.4, -0.2) is 17.1 Å². The highest BCUT2D eigenvalue weighted by Gasteiger charge is 2.34. The summed E-state index contributed by atoms with van der Waals surface area (Å²) in [4.78, 5) is 24.9. The van der Waals surface area contributed by atoms with Gasteiger partial charge in [0.05, 0.1) is 11.4 Å². The van der Waals surface area contributed by atoms with Gasteiger partial charge in [-0.25, -0.2) is 9.18 Å². The average Bonchev–Trinajstić information content (AvgIpc) is 2.84. The lowest BCUT2D eigenvalue weighted by molar-refractivity contribution is -0.111. The Balaban J connectivity index is 1.69. The third kappa shape index (κ3) is 7.33. The molecule has 1 atom stereocenters. The van der Waals surface area contributed by atoms with Crippen LogP contribution in [0.15, 0.2) is 84.9 Å². The van der Waals surface area contributed by atoms with Crippen LogP contribution in [0.4, 0.5) is 26.2 Å². The Kier molecular flexibility index (Phi) is 8.67. The van der Waals surface area contributed by atoms with E-state index in [0.29, 0.717) is 35.5 Å². The van der Waals surface area contributed by atoms with Gasteiger partial charge in [-0.05, 0) is 60.9 Å². The van der Waals surface area contributed by atoms with Crippen molar-refractivity contribution in [2.75, 3.05) is 16.4 Å². The minimum Gasteiger partial charge on any atom is -0.505 e. The SMILES string of the molecule is CC(C)(CC/C=C/C(=O)Nc1ccccc1N)[C@H](OC(=O)Nc1ccccc1)c1ccc(O)c(F)c1. The Morgan fingerprint density at radius 3 is 2.44 bits per heavy atom. The molecule has 8 heteroatoms. The number of hydrogen-bond acceptors (Lipinski definition) is 5. The van der Waals surface area contributed by atoms with Crippen molar-refractivity contribution in [1.82, 2.24) is 0 Å². The number of nitrogens with one attached hydrogen (secondary N) is 2. The molecule has 0 bridgehead atoms. The third-order valence-corrected chi connectivity index (χ3v) is 5.67. The third-order valence-electron chi connectivity index (χ3n) is 5.67. The zero-order chi connectivity index (χ0) is 26.1. The number of hydrogen-bond donors (Lipinski definition) is 4. The summed E-state index contributed by atoms with van der Waals surface area (Å²) in [6, 6.07) is 19.7. The number of benzene rings is 3. The van der Waals surface area contributed by atoms with Crippen LogP contribution in [0.2, 0.25) is 0 Å². The monoisotopic (exact) mass is 491 g/mol. The fourth-order valence-corrected chi connectivity index (χ4v) is 3.70. The number of aromatic hydroxyl groups is 1. The zero-order valence-electron chi connectivity index (χ0n) is 20.2. The zero-order valence-corrected chi connectivity index (χ0v) is 20.2. The van der Waals surface area contributed by atoms with Gasteiger partial charge in [-0.3, -0.25) is 10.1 Å². The molecule has 2 amide bonds. The van der Waals surface area contributed by atoms with Crippen LogP contribution in [0, 0.1) is 11.2 Å². The van der Waals surface area contributed by atoms with Crippen molar-refractivity contribution in [2.45, 2.75) is 32.8 Å². The Hall–Kier alpha value is -4.33. The van der Waals surface area contributed by atoms with E-state index in [0.717, 1.165) is 6.07 Å². The average molecular weight is 492 g/mol. The number of carbonyl (C=O) groups excluding carboxylic acids is 2. The topological polar surface area (TPSA) is 114 Å². The van der Waals surface area contributed by atoms with Crippen LogP contribution in [0.3, 0.4) is 0 Å². The number of ether oxygens (including phenoxy) is 1. The number of phenolic OH excluding ortho intramolecular Hbond substituents is 1. The number of nitrogen functional groups attached to an aromatic ring is 1. The number of allylic oxidation sites excluding steroid dienone is 1. The van der Waals surface area contributed by atoms with Gasteiger partial charge in [-0.1, -0.05) is 56.3 Å². The first-order valence-electron chi connectivity index (χ1n) is 11.5. The van der Waals surface area contributed by atoms with Gasteiger partial charge in [0.2, 0.25) is 5.91 Å². The van der Waals surface area contributed by atoms with Crippen LogP contribution in [0.25, 0.3) is 0 Å². The Morgan fingerprint density at radius 2 is 1.75 bits per heavy atom. The Labute approximate surface area is 209 Å². The summed E-state index contributed by atoms with van der Waals surface area (Å²) in [5, 5.41) is 15.0. The summed E-state index contributed by atoms with van der Waals surface area (Å²) in [6.07, 6.45) is 2.61. The molecule has 0 saturated heterocycles. The minimum absolute atomic E-state index is 0.318. The molecule has 5 N–H and O–H groups in total. The molecule has 188 valence electrons. The lowest BCUT2D eigenvalue weighted by atomic mass is 9.78. The van der Waals surface area contributed by atoms with E-state index in [-0.39, 0.29) is 5.91 Å². The number of nitrogens with two attached hydrogens (primary N) is 1. The van der Waals surface area contributed by atoms with Gasteiger partial charge in [0, 0.05) is 11.1 Å². The Morgan fingerprint density at radius 1 is 1.06 bits per heavy atom. The number of rotatable bonds is 9. The summed E-state index contributed by atoms with van der Waals surface area (Å²) >= 11 is 0. The minimum atomic E-state index is -0.831. The molecule has 0 saturated carbocycles. The lowest BCUT2D eigenvalue weighted by Gasteiger charge is -2.34. The van der Waals surface area contributed by atoms with Gasteiger partial charge >= 0.3 is 6.09 Å². The molecular formula is C28H30FN3O4. The summed E-state index contributed by atoms with van der Waals surface area (Å²) in [6.45, 7) is 3.77. The van der Waals surface area contributed by atoms with Crippen molar-refractivity contribution < 1.29 is 23.8 Å². The molecule has 3 aromatic rings. The first kappa shape index (κ1) is 26.3. The molecule has 0 aliphatic heterocycles. The molecule has 0 aromatic heterocycles. The number of para-hydroxylation sites is 3. The van der Waals surface area contributed by atoms with E-state index < -0.39 is 29.2 Å². The van der Waals surface area contributed by atoms with Gasteiger partial charge < -0.3 is 20.9 Å². The number of phenols is 1. The normalized spacial score (nSPS) is 12.2. The van der Waals surface area contributed by atoms with E-state index in [1.165, 1.54) is 18.2 Å². The molecule has 7 nitrogen and oxygen atoms in total. The maximum Gasteiger partial charge on any atom is 0.412 e. The molecule has 0 aliphatic rings. The predicted octanol–water partition coefficient (Wildman–Crippen LogP) is 6.40. The second-order valence-corrected chi connectivity index (χ2v) is 8.99. The lowest BCUT2D eigenvalue weighted by Crippen LogP contribution is -2.29. The molecule has 3 aromatic carbocycles. The Bertz CT molecular complexity index is 1230. The highest BCUT2D eigenvalue weighted by Crippen LogP contribution is 2.41. The van der Waals surface area contributed by atoms with E-state index in [2.05, 4.69) is 10.6 Å². The van der Waals surface area contributed by atoms with Gasteiger partial charge in [0.15, 0.2) is 11.6 Å². The largest absolute Gasteiger partial charge is 0.505 e. The summed E-state index contributed by atoms with van der Waals surface area (Å²) in [5.41, 5.74) is 7.16. The van der Waals surface area contributed by atoms with Crippen LogP contribution in [0.1, 0.15) is 38.4 Å². The van der Waals surface area contributed by atoms with Crippen molar-refractivity contribution in [3.05, 3.63) is 96.3 Å². The molecule has 0 radical (unpaired) electrons. The van der Waals surface area contributed by atoms with E-state index in [9.17, 15) is 19.1 Å². The van der Waals surface area contributed by atoms with E-state index in [1.807, 2.05) is 19.9 Å². The quantitative estimate of drug-likeness (QED) is 0.204. The predicted molar refractivity (Wildman–Crippen MR) is 139 cm³/mol. The molecular weight excluding hydrogens is 461 g/mol. The highest BCUT2D eigenvalue weighted by atomic mass is 19.1. The fraction of sp³-hybridized carbons (Fsp3) is 0.214.